The second-order valence-corrected chi connectivity index (χ2v) is 7.58. The Bertz CT molecular complexity index is 744. The van der Waals surface area contributed by atoms with Crippen LogP contribution in [0.15, 0.2) is 33.9 Å². The third kappa shape index (κ3) is 3.19. The van der Waals surface area contributed by atoms with E-state index in [1.807, 2.05) is 19.1 Å². The summed E-state index contributed by atoms with van der Waals surface area (Å²) in [5.74, 6) is 0.904. The van der Waals surface area contributed by atoms with E-state index < -0.39 is 10.0 Å². The van der Waals surface area contributed by atoms with Gasteiger partial charge in [-0.3, -0.25) is 9.58 Å². The van der Waals surface area contributed by atoms with E-state index in [1.165, 1.54) is 6.20 Å². The van der Waals surface area contributed by atoms with Crippen molar-refractivity contribution in [2.24, 2.45) is 0 Å². The van der Waals surface area contributed by atoms with E-state index >= 15 is 0 Å². The lowest BCUT2D eigenvalue weighted by Gasteiger charge is -2.33. The molecular weight excluding hydrogens is 316 g/mol. The molecule has 0 aromatic carbocycles. The van der Waals surface area contributed by atoms with Gasteiger partial charge in [0.25, 0.3) is 0 Å². The third-order valence-corrected chi connectivity index (χ3v) is 6.27. The summed E-state index contributed by atoms with van der Waals surface area (Å²) >= 11 is 0. The topological polar surface area (TPSA) is 71.6 Å². The van der Waals surface area contributed by atoms with Crippen LogP contribution in [0.1, 0.15) is 18.4 Å². The second kappa shape index (κ2) is 6.46. The van der Waals surface area contributed by atoms with Gasteiger partial charge in [0.1, 0.15) is 10.7 Å². The SMILES string of the molecule is CCn1ncc(S(=O)(=O)N2CCN(Cc3ccco3)CC2)c1C. The van der Waals surface area contributed by atoms with Crippen LogP contribution in [-0.2, 0) is 23.1 Å². The van der Waals surface area contributed by atoms with E-state index in [0.717, 1.165) is 5.76 Å². The smallest absolute Gasteiger partial charge is 0.246 e. The molecule has 8 heteroatoms. The van der Waals surface area contributed by atoms with E-state index in [-0.39, 0.29) is 0 Å². The zero-order valence-electron chi connectivity index (χ0n) is 13.5. The largest absolute Gasteiger partial charge is 0.468 e. The first-order valence-electron chi connectivity index (χ1n) is 7.79. The van der Waals surface area contributed by atoms with Crippen LogP contribution in [-0.4, -0.2) is 53.6 Å². The first-order chi connectivity index (χ1) is 11.0. The number of sulfonamides is 1. The number of hydrogen-bond donors (Lipinski definition) is 0. The van der Waals surface area contributed by atoms with Gasteiger partial charge >= 0.3 is 0 Å². The zero-order valence-corrected chi connectivity index (χ0v) is 14.3. The minimum atomic E-state index is -3.47. The molecule has 0 aliphatic carbocycles. The highest BCUT2D eigenvalue weighted by atomic mass is 32.2. The fraction of sp³-hybridized carbons (Fsp3) is 0.533. The normalized spacial score (nSPS) is 17.7. The van der Waals surface area contributed by atoms with Crippen molar-refractivity contribution >= 4 is 10.0 Å². The lowest BCUT2D eigenvalue weighted by atomic mass is 10.3. The number of furan rings is 1. The Hall–Kier alpha value is -1.64. The van der Waals surface area contributed by atoms with Crippen molar-refractivity contribution in [3.63, 3.8) is 0 Å². The summed E-state index contributed by atoms with van der Waals surface area (Å²) in [5, 5.41) is 4.15. The minimum Gasteiger partial charge on any atom is -0.468 e. The lowest BCUT2D eigenvalue weighted by Crippen LogP contribution is -2.48. The van der Waals surface area contributed by atoms with Crippen LogP contribution >= 0.6 is 0 Å². The summed E-state index contributed by atoms with van der Waals surface area (Å²) in [7, 11) is -3.47. The molecule has 3 heterocycles. The summed E-state index contributed by atoms with van der Waals surface area (Å²) in [6, 6.07) is 3.80. The first kappa shape index (κ1) is 16.2. The molecule has 0 amide bonds. The molecule has 1 aliphatic rings. The van der Waals surface area contributed by atoms with Gasteiger partial charge in [0.15, 0.2) is 0 Å². The highest BCUT2D eigenvalue weighted by molar-refractivity contribution is 7.89. The summed E-state index contributed by atoms with van der Waals surface area (Å²) < 4.78 is 34.2. The summed E-state index contributed by atoms with van der Waals surface area (Å²) in [6.07, 6.45) is 3.12. The van der Waals surface area contributed by atoms with Gasteiger partial charge in [-0.15, -0.1) is 0 Å². The molecule has 126 valence electrons. The highest BCUT2D eigenvalue weighted by Gasteiger charge is 2.31. The van der Waals surface area contributed by atoms with Crippen molar-refractivity contribution in [2.45, 2.75) is 31.8 Å². The molecular formula is C15H22N4O3S. The predicted octanol–water partition coefficient (Wildman–Crippen LogP) is 1.31. The standard InChI is InChI=1S/C15H22N4O3S/c1-3-19-13(2)15(11-16-19)23(20,21)18-8-6-17(7-9-18)12-14-5-4-10-22-14/h4-5,10-11H,3,6-9,12H2,1-2H3. The van der Waals surface area contributed by atoms with Crippen LogP contribution in [0.2, 0.25) is 0 Å². The number of hydrogen-bond acceptors (Lipinski definition) is 5. The van der Waals surface area contributed by atoms with Gasteiger partial charge in [-0.25, -0.2) is 8.42 Å². The Kier molecular flexibility index (Phi) is 4.56. The number of nitrogens with zero attached hydrogens (tertiary/aromatic N) is 4. The van der Waals surface area contributed by atoms with E-state index in [4.69, 9.17) is 4.42 Å². The monoisotopic (exact) mass is 338 g/mol. The maximum Gasteiger partial charge on any atom is 0.246 e. The summed E-state index contributed by atoms with van der Waals surface area (Å²) in [6.45, 7) is 7.49. The van der Waals surface area contributed by atoms with Crippen LogP contribution in [0.3, 0.4) is 0 Å². The molecule has 0 radical (unpaired) electrons. The van der Waals surface area contributed by atoms with E-state index in [9.17, 15) is 8.42 Å². The fourth-order valence-electron chi connectivity index (χ4n) is 2.89. The van der Waals surface area contributed by atoms with Crippen molar-refractivity contribution in [1.29, 1.82) is 0 Å². The van der Waals surface area contributed by atoms with Crippen molar-refractivity contribution in [3.05, 3.63) is 36.0 Å². The quantitative estimate of drug-likeness (QED) is 0.822. The van der Waals surface area contributed by atoms with Crippen molar-refractivity contribution in [3.8, 4) is 0 Å². The summed E-state index contributed by atoms with van der Waals surface area (Å²) in [4.78, 5) is 2.52. The fourth-order valence-corrected chi connectivity index (χ4v) is 4.47. The van der Waals surface area contributed by atoms with Crippen LogP contribution in [0.4, 0.5) is 0 Å². The summed E-state index contributed by atoms with van der Waals surface area (Å²) in [5.41, 5.74) is 0.700. The average Bonchev–Trinajstić information content (AvgIpc) is 3.17. The Morgan fingerprint density at radius 1 is 1.26 bits per heavy atom. The average molecular weight is 338 g/mol. The minimum absolute atomic E-state index is 0.318. The third-order valence-electron chi connectivity index (χ3n) is 4.27. The Balaban J connectivity index is 1.67. The van der Waals surface area contributed by atoms with Crippen molar-refractivity contribution in [2.75, 3.05) is 26.2 Å². The molecule has 1 aliphatic heterocycles. The van der Waals surface area contributed by atoms with Crippen molar-refractivity contribution in [1.82, 2.24) is 19.0 Å². The molecule has 1 fully saturated rings. The number of aromatic nitrogens is 2. The van der Waals surface area contributed by atoms with Crippen LogP contribution in [0.5, 0.6) is 0 Å². The maximum absolute atomic E-state index is 12.8. The molecule has 3 rings (SSSR count). The Labute approximate surface area is 136 Å². The molecule has 0 bridgehead atoms. The Morgan fingerprint density at radius 2 is 2.00 bits per heavy atom. The van der Waals surface area contributed by atoms with E-state index in [0.29, 0.717) is 49.9 Å². The molecule has 0 unspecified atom stereocenters. The Morgan fingerprint density at radius 3 is 2.57 bits per heavy atom. The van der Waals surface area contributed by atoms with Gasteiger partial charge in [0, 0.05) is 32.7 Å². The second-order valence-electron chi connectivity index (χ2n) is 5.67. The molecule has 0 saturated carbocycles. The number of rotatable bonds is 5. The first-order valence-corrected chi connectivity index (χ1v) is 9.23. The molecule has 0 atom stereocenters. The lowest BCUT2D eigenvalue weighted by molar-refractivity contribution is 0.171. The molecule has 7 nitrogen and oxygen atoms in total. The van der Waals surface area contributed by atoms with Gasteiger partial charge in [-0.1, -0.05) is 0 Å². The number of aryl methyl sites for hydroxylation is 1. The molecule has 1 saturated heterocycles. The van der Waals surface area contributed by atoms with Gasteiger partial charge in [-0.05, 0) is 26.0 Å². The molecule has 2 aromatic rings. The maximum atomic E-state index is 12.8. The molecule has 2 aromatic heterocycles. The van der Waals surface area contributed by atoms with Crippen LogP contribution < -0.4 is 0 Å². The molecule has 0 spiro atoms. The molecule has 0 N–H and O–H groups in total. The van der Waals surface area contributed by atoms with Crippen molar-refractivity contribution < 1.29 is 12.8 Å². The van der Waals surface area contributed by atoms with Gasteiger partial charge in [-0.2, -0.15) is 9.40 Å². The highest BCUT2D eigenvalue weighted by Crippen LogP contribution is 2.21. The van der Waals surface area contributed by atoms with Crippen LogP contribution in [0.25, 0.3) is 0 Å². The van der Waals surface area contributed by atoms with Crippen LogP contribution in [0, 0.1) is 6.92 Å². The van der Waals surface area contributed by atoms with Gasteiger partial charge in [0.05, 0.1) is 24.7 Å². The van der Waals surface area contributed by atoms with E-state index in [2.05, 4.69) is 10.00 Å². The van der Waals surface area contributed by atoms with Gasteiger partial charge < -0.3 is 4.42 Å². The van der Waals surface area contributed by atoms with Gasteiger partial charge in [0.2, 0.25) is 10.0 Å². The predicted molar refractivity (Wildman–Crippen MR) is 85.4 cm³/mol. The zero-order chi connectivity index (χ0) is 16.4. The van der Waals surface area contributed by atoms with E-state index in [1.54, 1.807) is 22.2 Å². The number of piperazine rings is 1. The molecule has 23 heavy (non-hydrogen) atoms.